The first-order valence-corrected chi connectivity index (χ1v) is 9.63. The fraction of sp³-hybridized carbons (Fsp3) is 0.190. The Morgan fingerprint density at radius 1 is 1.11 bits per heavy atom. The first-order valence-electron chi connectivity index (χ1n) is 8.75. The van der Waals surface area contributed by atoms with Crippen LogP contribution < -0.4 is 15.4 Å². The summed E-state index contributed by atoms with van der Waals surface area (Å²) in [5.74, 6) is 0.338. The zero-order chi connectivity index (χ0) is 20.1. The van der Waals surface area contributed by atoms with Crippen molar-refractivity contribution < 1.29 is 14.3 Å². The molecule has 0 bridgehead atoms. The van der Waals surface area contributed by atoms with Crippen molar-refractivity contribution in [3.8, 4) is 16.9 Å². The summed E-state index contributed by atoms with van der Waals surface area (Å²) in [6.07, 6.45) is 0. The van der Waals surface area contributed by atoms with Gasteiger partial charge in [0.2, 0.25) is 5.91 Å². The van der Waals surface area contributed by atoms with Crippen LogP contribution >= 0.6 is 11.8 Å². The van der Waals surface area contributed by atoms with Crippen molar-refractivity contribution in [3.63, 3.8) is 0 Å². The van der Waals surface area contributed by atoms with Crippen LogP contribution in [-0.2, 0) is 4.79 Å². The molecule has 144 valence electrons. The number of rotatable bonds is 5. The smallest absolute Gasteiger partial charge is 0.321 e. The molecule has 1 unspecified atom stereocenters. The first kappa shape index (κ1) is 19.7. The van der Waals surface area contributed by atoms with Gasteiger partial charge >= 0.3 is 6.03 Å². The van der Waals surface area contributed by atoms with Crippen molar-refractivity contribution >= 4 is 34.6 Å². The van der Waals surface area contributed by atoms with Gasteiger partial charge in [-0.1, -0.05) is 42.1 Å². The van der Waals surface area contributed by atoms with Crippen molar-refractivity contribution in [3.05, 3.63) is 54.6 Å². The van der Waals surface area contributed by atoms with Gasteiger partial charge in [0.1, 0.15) is 5.75 Å². The van der Waals surface area contributed by atoms with E-state index in [2.05, 4.69) is 10.6 Å². The molecule has 1 aromatic heterocycles. The molecule has 6 nitrogen and oxygen atoms in total. The lowest BCUT2D eigenvalue weighted by Gasteiger charge is -2.14. The Kier molecular flexibility index (Phi) is 6.16. The van der Waals surface area contributed by atoms with E-state index >= 15 is 0 Å². The van der Waals surface area contributed by atoms with Crippen molar-refractivity contribution in [1.29, 1.82) is 0 Å². The van der Waals surface area contributed by atoms with Crippen molar-refractivity contribution in [2.24, 2.45) is 0 Å². The molecular formula is C21H21N3O3S. The Hall–Kier alpha value is -3.06. The molecule has 7 heteroatoms. The summed E-state index contributed by atoms with van der Waals surface area (Å²) in [5.41, 5.74) is 2.86. The second-order valence-electron chi connectivity index (χ2n) is 6.09. The summed E-state index contributed by atoms with van der Waals surface area (Å²) in [6, 6.07) is 17.2. The number of urea groups is 1. The van der Waals surface area contributed by atoms with Crippen LogP contribution in [0.5, 0.6) is 5.75 Å². The van der Waals surface area contributed by atoms with Gasteiger partial charge in [-0.15, -0.1) is 0 Å². The van der Waals surface area contributed by atoms with Gasteiger partial charge in [-0.05, 0) is 36.2 Å². The maximum absolute atomic E-state index is 12.2. The quantitative estimate of drug-likeness (QED) is 0.642. The highest BCUT2D eigenvalue weighted by molar-refractivity contribution is 8.00. The Labute approximate surface area is 167 Å². The Morgan fingerprint density at radius 2 is 1.86 bits per heavy atom. The third-order valence-corrected chi connectivity index (χ3v) is 5.23. The Morgan fingerprint density at radius 3 is 2.54 bits per heavy atom. The zero-order valence-electron chi connectivity index (χ0n) is 15.9. The summed E-state index contributed by atoms with van der Waals surface area (Å²) < 4.78 is 5.33. The number of hydrogen-bond donors (Lipinski definition) is 2. The minimum absolute atomic E-state index is 0.377. The summed E-state index contributed by atoms with van der Waals surface area (Å²) in [5, 5.41) is 5.87. The molecule has 0 fully saturated rings. The van der Waals surface area contributed by atoms with E-state index in [9.17, 15) is 9.59 Å². The molecule has 3 aromatic rings. The second kappa shape index (κ2) is 8.75. The highest BCUT2D eigenvalue weighted by Gasteiger charge is 2.18. The number of imide groups is 1. The van der Waals surface area contributed by atoms with E-state index in [1.165, 1.54) is 18.8 Å². The van der Waals surface area contributed by atoms with Crippen LogP contribution in [0.15, 0.2) is 59.6 Å². The number of pyridine rings is 1. The third kappa shape index (κ3) is 4.43. The average molecular weight is 395 g/mol. The number of thioether (sulfide) groups is 1. The lowest BCUT2D eigenvalue weighted by Crippen LogP contribution is -2.41. The molecule has 3 amide bonds. The third-order valence-electron chi connectivity index (χ3n) is 4.21. The van der Waals surface area contributed by atoms with Crippen LogP contribution in [0.2, 0.25) is 0 Å². The lowest BCUT2D eigenvalue weighted by molar-refractivity contribution is -0.119. The molecule has 3 rings (SSSR count). The topological polar surface area (TPSA) is 80.3 Å². The van der Waals surface area contributed by atoms with Crippen LogP contribution in [0.3, 0.4) is 0 Å². The van der Waals surface area contributed by atoms with Gasteiger partial charge in [-0.2, -0.15) is 0 Å². The number of carbonyl (C=O) groups excluding carboxylic acids is 2. The fourth-order valence-electron chi connectivity index (χ4n) is 2.74. The summed E-state index contributed by atoms with van der Waals surface area (Å²) in [7, 11) is 3.08. The van der Waals surface area contributed by atoms with E-state index in [-0.39, 0.29) is 5.91 Å². The number of hydrogen-bond acceptors (Lipinski definition) is 5. The molecule has 0 saturated carbocycles. The maximum atomic E-state index is 12.2. The maximum Gasteiger partial charge on any atom is 0.321 e. The van der Waals surface area contributed by atoms with Gasteiger partial charge in [0.15, 0.2) is 0 Å². The molecule has 2 N–H and O–H groups in total. The van der Waals surface area contributed by atoms with Gasteiger partial charge in [0.05, 0.1) is 22.9 Å². The summed E-state index contributed by atoms with van der Waals surface area (Å²) >= 11 is 1.30. The SMILES string of the molecule is CNC(=O)NC(=O)C(C)Sc1cc(-c2ccccc2)c2ccc(OC)cc2n1. The fourth-order valence-corrected chi connectivity index (χ4v) is 3.60. The first-order chi connectivity index (χ1) is 13.5. The number of ether oxygens (including phenoxy) is 1. The van der Waals surface area contributed by atoms with Crippen molar-refractivity contribution in [2.75, 3.05) is 14.2 Å². The number of methoxy groups -OCH3 is 1. The highest BCUT2D eigenvalue weighted by Crippen LogP contribution is 2.34. The van der Waals surface area contributed by atoms with Gasteiger partial charge in [0.25, 0.3) is 0 Å². The van der Waals surface area contributed by atoms with Gasteiger partial charge in [-0.25, -0.2) is 9.78 Å². The lowest BCUT2D eigenvalue weighted by atomic mass is 10.0. The van der Waals surface area contributed by atoms with E-state index in [4.69, 9.17) is 9.72 Å². The molecule has 0 radical (unpaired) electrons. The molecule has 0 spiro atoms. The number of nitrogens with zero attached hydrogens (tertiary/aromatic N) is 1. The molecule has 0 saturated heterocycles. The average Bonchev–Trinajstić information content (AvgIpc) is 2.73. The van der Waals surface area contributed by atoms with Crippen LogP contribution in [0, 0.1) is 0 Å². The van der Waals surface area contributed by atoms with E-state index < -0.39 is 11.3 Å². The number of amides is 3. The molecule has 0 aliphatic carbocycles. The minimum Gasteiger partial charge on any atom is -0.497 e. The van der Waals surface area contributed by atoms with Crippen molar-refractivity contribution in [1.82, 2.24) is 15.6 Å². The minimum atomic E-state index is -0.529. The summed E-state index contributed by atoms with van der Waals surface area (Å²) in [4.78, 5) is 28.3. The summed E-state index contributed by atoms with van der Waals surface area (Å²) in [6.45, 7) is 1.74. The number of benzene rings is 2. The van der Waals surface area contributed by atoms with E-state index in [1.54, 1.807) is 14.0 Å². The van der Waals surface area contributed by atoms with Crippen LogP contribution in [0.4, 0.5) is 4.79 Å². The van der Waals surface area contributed by atoms with E-state index in [1.807, 2.05) is 54.6 Å². The Balaban J connectivity index is 2.00. The predicted molar refractivity (Wildman–Crippen MR) is 112 cm³/mol. The van der Waals surface area contributed by atoms with Crippen LogP contribution in [0.25, 0.3) is 22.0 Å². The predicted octanol–water partition coefficient (Wildman–Crippen LogP) is 3.85. The number of aromatic nitrogens is 1. The monoisotopic (exact) mass is 395 g/mol. The largest absolute Gasteiger partial charge is 0.497 e. The van der Waals surface area contributed by atoms with Crippen molar-refractivity contribution in [2.45, 2.75) is 17.2 Å². The number of nitrogens with one attached hydrogen (secondary N) is 2. The number of carbonyl (C=O) groups is 2. The molecule has 28 heavy (non-hydrogen) atoms. The number of fused-ring (bicyclic) bond motifs is 1. The van der Waals surface area contributed by atoms with E-state index in [0.717, 1.165) is 22.0 Å². The van der Waals surface area contributed by atoms with Gasteiger partial charge in [-0.3, -0.25) is 10.1 Å². The highest BCUT2D eigenvalue weighted by atomic mass is 32.2. The molecule has 1 heterocycles. The standard InChI is InChI=1S/C21H21N3O3S/c1-13(20(25)24-21(26)22-2)28-19-12-17(14-7-5-4-6-8-14)16-10-9-15(27-3)11-18(16)23-19/h4-13H,1-3H3,(H2,22,24,25,26). The van der Waals surface area contributed by atoms with Crippen LogP contribution in [0.1, 0.15) is 6.92 Å². The molecule has 0 aliphatic heterocycles. The Bertz CT molecular complexity index is 1010. The second-order valence-corrected chi connectivity index (χ2v) is 7.45. The van der Waals surface area contributed by atoms with Gasteiger partial charge < -0.3 is 10.1 Å². The zero-order valence-corrected chi connectivity index (χ0v) is 16.7. The van der Waals surface area contributed by atoms with Gasteiger partial charge in [0, 0.05) is 18.5 Å². The molecular weight excluding hydrogens is 374 g/mol. The van der Waals surface area contributed by atoms with E-state index in [0.29, 0.717) is 10.8 Å². The molecule has 2 aromatic carbocycles. The molecule has 0 aliphatic rings. The molecule has 1 atom stereocenters. The van der Waals surface area contributed by atoms with Crippen LogP contribution in [-0.4, -0.2) is 36.3 Å². The normalized spacial score (nSPS) is 11.7.